The zero-order valence-electron chi connectivity index (χ0n) is 14.1. The predicted molar refractivity (Wildman–Crippen MR) is 102 cm³/mol. The van der Waals surface area contributed by atoms with Crippen molar-refractivity contribution in [1.82, 2.24) is 4.90 Å². The number of amides is 1. The van der Waals surface area contributed by atoms with E-state index >= 15 is 0 Å². The van der Waals surface area contributed by atoms with Crippen LogP contribution in [-0.4, -0.2) is 31.4 Å². The van der Waals surface area contributed by atoms with Crippen molar-refractivity contribution in [3.63, 3.8) is 0 Å². The summed E-state index contributed by atoms with van der Waals surface area (Å²) >= 11 is 3.45. The molecule has 1 N–H and O–H groups in total. The summed E-state index contributed by atoms with van der Waals surface area (Å²) in [6, 6.07) is 16.5. The minimum atomic E-state index is 0.0968. The number of anilines is 1. The van der Waals surface area contributed by atoms with E-state index in [-0.39, 0.29) is 11.8 Å². The van der Waals surface area contributed by atoms with Crippen molar-refractivity contribution in [2.24, 2.45) is 5.92 Å². The fourth-order valence-corrected chi connectivity index (χ4v) is 3.17. The maximum atomic E-state index is 12.4. The minimum absolute atomic E-state index is 0.0968. The molecule has 0 heterocycles. The van der Waals surface area contributed by atoms with E-state index in [0.29, 0.717) is 5.92 Å². The molecule has 2 aromatic rings. The molecule has 0 spiro atoms. The SMILES string of the molecule is CN(C)CCc1ccc(NC(=O)C2CC2c2ccc(Br)cc2)cc1. The van der Waals surface area contributed by atoms with Gasteiger partial charge in [0.25, 0.3) is 0 Å². The minimum Gasteiger partial charge on any atom is -0.326 e. The second kappa shape index (κ2) is 7.49. The largest absolute Gasteiger partial charge is 0.326 e. The Balaban J connectivity index is 1.53. The molecule has 24 heavy (non-hydrogen) atoms. The number of likely N-dealkylation sites (N-methyl/N-ethyl adjacent to an activating group) is 1. The summed E-state index contributed by atoms with van der Waals surface area (Å²) in [5.41, 5.74) is 3.42. The molecule has 2 atom stereocenters. The molecule has 0 aliphatic heterocycles. The van der Waals surface area contributed by atoms with Gasteiger partial charge in [-0.15, -0.1) is 0 Å². The van der Waals surface area contributed by atoms with Crippen molar-refractivity contribution in [2.75, 3.05) is 26.0 Å². The Hall–Kier alpha value is -1.65. The highest BCUT2D eigenvalue weighted by atomic mass is 79.9. The normalized spacial score (nSPS) is 19.3. The van der Waals surface area contributed by atoms with E-state index in [2.05, 4.69) is 64.5 Å². The van der Waals surface area contributed by atoms with Gasteiger partial charge in [-0.2, -0.15) is 0 Å². The molecule has 3 rings (SSSR count). The van der Waals surface area contributed by atoms with Gasteiger partial charge in [0.2, 0.25) is 5.91 Å². The number of halogens is 1. The van der Waals surface area contributed by atoms with Gasteiger partial charge in [0, 0.05) is 22.6 Å². The summed E-state index contributed by atoms with van der Waals surface area (Å²) in [5.74, 6) is 0.584. The first-order chi connectivity index (χ1) is 11.5. The third-order valence-electron chi connectivity index (χ3n) is 4.49. The average Bonchev–Trinajstić information content (AvgIpc) is 3.35. The zero-order chi connectivity index (χ0) is 17.1. The highest BCUT2D eigenvalue weighted by molar-refractivity contribution is 9.10. The van der Waals surface area contributed by atoms with E-state index in [4.69, 9.17) is 0 Å². The number of rotatable bonds is 6. The van der Waals surface area contributed by atoms with E-state index in [0.717, 1.165) is 29.5 Å². The van der Waals surface area contributed by atoms with Crippen LogP contribution in [0.25, 0.3) is 0 Å². The first-order valence-corrected chi connectivity index (χ1v) is 9.12. The van der Waals surface area contributed by atoms with E-state index in [1.54, 1.807) is 0 Å². The van der Waals surface area contributed by atoms with E-state index < -0.39 is 0 Å². The Kier molecular flexibility index (Phi) is 5.36. The molecule has 0 radical (unpaired) electrons. The number of carbonyl (C=O) groups is 1. The van der Waals surface area contributed by atoms with Crippen molar-refractivity contribution >= 4 is 27.5 Å². The fraction of sp³-hybridized carbons (Fsp3) is 0.350. The van der Waals surface area contributed by atoms with Crippen LogP contribution in [0.5, 0.6) is 0 Å². The second-order valence-electron chi connectivity index (χ2n) is 6.74. The maximum absolute atomic E-state index is 12.4. The van der Waals surface area contributed by atoms with E-state index in [9.17, 15) is 4.79 Å². The van der Waals surface area contributed by atoms with Crippen molar-refractivity contribution in [1.29, 1.82) is 0 Å². The Morgan fingerprint density at radius 1 is 1.12 bits per heavy atom. The molecular weight excluding hydrogens is 364 g/mol. The van der Waals surface area contributed by atoms with Gasteiger partial charge in [-0.05, 0) is 68.2 Å². The Labute approximate surface area is 152 Å². The molecule has 2 aromatic carbocycles. The van der Waals surface area contributed by atoms with Crippen molar-refractivity contribution < 1.29 is 4.79 Å². The number of hydrogen-bond donors (Lipinski definition) is 1. The molecule has 0 bridgehead atoms. The molecule has 4 heteroatoms. The number of hydrogen-bond acceptors (Lipinski definition) is 2. The Bertz CT molecular complexity index is 695. The van der Waals surface area contributed by atoms with Crippen molar-refractivity contribution in [3.05, 3.63) is 64.1 Å². The van der Waals surface area contributed by atoms with Crippen LogP contribution in [-0.2, 0) is 11.2 Å². The molecule has 1 aliphatic carbocycles. The molecule has 0 aromatic heterocycles. The molecule has 1 amide bonds. The van der Waals surface area contributed by atoms with Gasteiger partial charge in [0.1, 0.15) is 0 Å². The summed E-state index contributed by atoms with van der Waals surface area (Å²) < 4.78 is 1.07. The van der Waals surface area contributed by atoms with Crippen LogP contribution < -0.4 is 5.32 Å². The van der Waals surface area contributed by atoms with Gasteiger partial charge in [-0.1, -0.05) is 40.2 Å². The smallest absolute Gasteiger partial charge is 0.228 e. The lowest BCUT2D eigenvalue weighted by molar-refractivity contribution is -0.117. The van der Waals surface area contributed by atoms with Crippen LogP contribution in [0.2, 0.25) is 0 Å². The van der Waals surface area contributed by atoms with Crippen molar-refractivity contribution in [3.8, 4) is 0 Å². The average molecular weight is 387 g/mol. The van der Waals surface area contributed by atoms with Gasteiger partial charge >= 0.3 is 0 Å². The highest BCUT2D eigenvalue weighted by Crippen LogP contribution is 2.48. The van der Waals surface area contributed by atoms with Crippen LogP contribution in [0.4, 0.5) is 5.69 Å². The number of carbonyl (C=O) groups excluding carboxylic acids is 1. The van der Waals surface area contributed by atoms with Crippen LogP contribution in [0.1, 0.15) is 23.5 Å². The van der Waals surface area contributed by atoms with E-state index in [1.165, 1.54) is 11.1 Å². The summed E-state index contributed by atoms with van der Waals surface area (Å²) in [7, 11) is 4.15. The van der Waals surface area contributed by atoms with Crippen LogP contribution in [0, 0.1) is 5.92 Å². The zero-order valence-corrected chi connectivity index (χ0v) is 15.7. The monoisotopic (exact) mass is 386 g/mol. The molecule has 1 aliphatic rings. The molecular formula is C20H23BrN2O. The summed E-state index contributed by atoms with van der Waals surface area (Å²) in [4.78, 5) is 14.6. The lowest BCUT2D eigenvalue weighted by Gasteiger charge is -2.10. The first kappa shape index (κ1) is 17.2. The number of nitrogens with one attached hydrogen (secondary N) is 1. The lowest BCUT2D eigenvalue weighted by atomic mass is 10.1. The third-order valence-corrected chi connectivity index (χ3v) is 5.02. The molecule has 3 nitrogen and oxygen atoms in total. The van der Waals surface area contributed by atoms with Gasteiger partial charge in [-0.3, -0.25) is 4.79 Å². The molecule has 0 saturated heterocycles. The van der Waals surface area contributed by atoms with Gasteiger partial charge < -0.3 is 10.2 Å². The number of nitrogens with zero attached hydrogens (tertiary/aromatic N) is 1. The lowest BCUT2D eigenvalue weighted by Crippen LogP contribution is -2.15. The quantitative estimate of drug-likeness (QED) is 0.802. The Morgan fingerprint density at radius 3 is 2.42 bits per heavy atom. The van der Waals surface area contributed by atoms with Crippen LogP contribution in [0.3, 0.4) is 0 Å². The standard InChI is InChI=1S/C20H23BrN2O/c1-23(2)12-11-14-3-9-17(10-4-14)22-20(24)19-13-18(19)15-5-7-16(21)8-6-15/h3-10,18-19H,11-13H2,1-2H3,(H,22,24). The Morgan fingerprint density at radius 2 is 1.79 bits per heavy atom. The molecule has 1 saturated carbocycles. The highest BCUT2D eigenvalue weighted by Gasteiger charge is 2.43. The first-order valence-electron chi connectivity index (χ1n) is 8.33. The molecule has 126 valence electrons. The summed E-state index contributed by atoms with van der Waals surface area (Å²) in [5, 5.41) is 3.05. The fourth-order valence-electron chi connectivity index (χ4n) is 2.91. The van der Waals surface area contributed by atoms with Crippen LogP contribution >= 0.6 is 15.9 Å². The molecule has 1 fully saturated rings. The van der Waals surface area contributed by atoms with Gasteiger partial charge in [0.15, 0.2) is 0 Å². The van der Waals surface area contributed by atoms with E-state index in [1.807, 2.05) is 24.3 Å². The van der Waals surface area contributed by atoms with Gasteiger partial charge in [-0.25, -0.2) is 0 Å². The predicted octanol–water partition coefficient (Wildman–Crippen LogP) is 4.30. The maximum Gasteiger partial charge on any atom is 0.228 e. The molecule has 2 unspecified atom stereocenters. The van der Waals surface area contributed by atoms with Crippen molar-refractivity contribution in [2.45, 2.75) is 18.8 Å². The third kappa shape index (κ3) is 4.46. The topological polar surface area (TPSA) is 32.3 Å². The summed E-state index contributed by atoms with van der Waals surface area (Å²) in [6.07, 6.45) is 1.96. The second-order valence-corrected chi connectivity index (χ2v) is 7.66. The van der Waals surface area contributed by atoms with Gasteiger partial charge in [0.05, 0.1) is 0 Å². The van der Waals surface area contributed by atoms with Crippen LogP contribution in [0.15, 0.2) is 53.0 Å². The summed E-state index contributed by atoms with van der Waals surface area (Å²) in [6.45, 7) is 1.03. The number of benzene rings is 2.